The van der Waals surface area contributed by atoms with E-state index in [1.54, 1.807) is 6.92 Å². The fourth-order valence-corrected chi connectivity index (χ4v) is 0.443. The number of hydrogen-bond donors (Lipinski definition) is 2. The fourth-order valence-electron chi connectivity index (χ4n) is 0.443. The van der Waals surface area contributed by atoms with Crippen LogP contribution in [0.1, 0.15) is 6.92 Å². The minimum absolute atomic E-state index is 0.228. The summed E-state index contributed by atoms with van der Waals surface area (Å²) in [5.41, 5.74) is 0.228. The van der Waals surface area contributed by atoms with Crippen molar-refractivity contribution in [3.8, 4) is 0 Å². The van der Waals surface area contributed by atoms with E-state index < -0.39 is 7.12 Å². The summed E-state index contributed by atoms with van der Waals surface area (Å²) in [6.45, 7) is 5.04. The van der Waals surface area contributed by atoms with Crippen LogP contribution >= 0.6 is 0 Å². The third-order valence-corrected chi connectivity index (χ3v) is 1.22. The first kappa shape index (κ1) is 10.9. The van der Waals surface area contributed by atoms with Crippen LogP contribution < -0.4 is 0 Å². The summed E-state index contributed by atoms with van der Waals surface area (Å²) in [4.78, 5) is 3.78. The lowest BCUT2D eigenvalue weighted by Crippen LogP contribution is -2.13. The molecule has 0 aromatic heterocycles. The molecular formula is C7H12BNO3. The van der Waals surface area contributed by atoms with E-state index in [1.807, 2.05) is 0 Å². The van der Waals surface area contributed by atoms with Gasteiger partial charge in [-0.2, -0.15) is 0 Å². The Bertz CT molecular complexity index is 211. The molecule has 12 heavy (non-hydrogen) atoms. The molecule has 0 aromatic rings. The van der Waals surface area contributed by atoms with Crippen LogP contribution in [0.2, 0.25) is 0 Å². The van der Waals surface area contributed by atoms with E-state index in [2.05, 4.69) is 11.6 Å². The van der Waals surface area contributed by atoms with E-state index >= 15 is 0 Å². The number of nitrogens with zero attached hydrogens (tertiary/aromatic N) is 1. The summed E-state index contributed by atoms with van der Waals surface area (Å²) >= 11 is 0. The van der Waals surface area contributed by atoms with Crippen LogP contribution in [0.4, 0.5) is 0 Å². The van der Waals surface area contributed by atoms with Gasteiger partial charge in [0.25, 0.3) is 0 Å². The first-order valence-corrected chi connectivity index (χ1v) is 3.38. The summed E-state index contributed by atoms with van der Waals surface area (Å²) < 4.78 is 4.73. The second kappa shape index (κ2) is 5.57. The van der Waals surface area contributed by atoms with Crippen molar-refractivity contribution in [3.63, 3.8) is 0 Å². The van der Waals surface area contributed by atoms with Gasteiger partial charge in [0.2, 0.25) is 0 Å². The lowest BCUT2D eigenvalue weighted by Gasteiger charge is -1.97. The van der Waals surface area contributed by atoms with Crippen molar-refractivity contribution in [1.29, 1.82) is 0 Å². The van der Waals surface area contributed by atoms with Crippen LogP contribution in [0.25, 0.3) is 0 Å². The standard InChI is InChI=1S/C7H12BNO3/c1-4-7(8(10)11)5-9-6(2)12-3/h4-5,10-11H,1H2,2-3H3/b7-5+,9-6?. The zero-order chi connectivity index (χ0) is 9.56. The smallest absolute Gasteiger partial charge is 0.484 e. The molecule has 0 heterocycles. The Labute approximate surface area is 72.0 Å². The quantitative estimate of drug-likeness (QED) is 0.273. The molecule has 0 aliphatic heterocycles. The molecule has 0 radical (unpaired) electrons. The van der Waals surface area contributed by atoms with Gasteiger partial charge in [-0.1, -0.05) is 12.7 Å². The topological polar surface area (TPSA) is 62.0 Å². The van der Waals surface area contributed by atoms with Gasteiger partial charge in [0.1, 0.15) is 0 Å². The molecule has 0 aromatic carbocycles. The molecule has 0 saturated carbocycles. The van der Waals surface area contributed by atoms with E-state index in [9.17, 15) is 0 Å². The molecule has 0 rings (SSSR count). The fraction of sp³-hybridized carbons (Fsp3) is 0.286. The molecule has 0 bridgehead atoms. The maximum absolute atomic E-state index is 8.70. The van der Waals surface area contributed by atoms with Gasteiger partial charge >= 0.3 is 7.12 Å². The number of aliphatic imine (C=N–C) groups is 1. The average molecular weight is 169 g/mol. The van der Waals surface area contributed by atoms with Crippen LogP contribution in [0.5, 0.6) is 0 Å². The summed E-state index contributed by atoms with van der Waals surface area (Å²) in [5, 5.41) is 17.4. The third kappa shape index (κ3) is 3.95. The van der Waals surface area contributed by atoms with Crippen LogP contribution in [0.15, 0.2) is 29.3 Å². The van der Waals surface area contributed by atoms with Crippen molar-refractivity contribution in [2.45, 2.75) is 6.92 Å². The Balaban J connectivity index is 4.40. The highest BCUT2D eigenvalue weighted by Crippen LogP contribution is 1.97. The van der Waals surface area contributed by atoms with E-state index in [0.29, 0.717) is 5.90 Å². The molecule has 4 nitrogen and oxygen atoms in total. The number of allylic oxidation sites excluding steroid dienone is 2. The second-order valence-corrected chi connectivity index (χ2v) is 2.06. The highest BCUT2D eigenvalue weighted by molar-refractivity contribution is 6.51. The Morgan fingerprint density at radius 3 is 2.50 bits per heavy atom. The molecule has 0 fully saturated rings. The van der Waals surface area contributed by atoms with Crippen molar-refractivity contribution in [1.82, 2.24) is 0 Å². The van der Waals surface area contributed by atoms with Gasteiger partial charge < -0.3 is 14.8 Å². The third-order valence-electron chi connectivity index (χ3n) is 1.22. The Morgan fingerprint density at radius 2 is 2.17 bits per heavy atom. The Morgan fingerprint density at radius 1 is 1.58 bits per heavy atom. The van der Waals surface area contributed by atoms with Crippen LogP contribution in [0.3, 0.4) is 0 Å². The van der Waals surface area contributed by atoms with E-state index in [0.717, 1.165) is 0 Å². The summed E-state index contributed by atoms with van der Waals surface area (Å²) in [6, 6.07) is 0. The zero-order valence-corrected chi connectivity index (χ0v) is 7.19. The molecular weight excluding hydrogens is 157 g/mol. The zero-order valence-electron chi connectivity index (χ0n) is 7.19. The molecule has 0 aliphatic rings. The molecule has 66 valence electrons. The van der Waals surface area contributed by atoms with E-state index in [1.165, 1.54) is 19.4 Å². The average Bonchev–Trinajstić information content (AvgIpc) is 2.04. The maximum Gasteiger partial charge on any atom is 0.489 e. The molecule has 2 N–H and O–H groups in total. The SMILES string of the molecule is C=C/C(=C\N=C(C)OC)B(O)O. The van der Waals surface area contributed by atoms with Crippen molar-refractivity contribution < 1.29 is 14.8 Å². The first-order valence-electron chi connectivity index (χ1n) is 3.38. The first-order chi connectivity index (χ1) is 5.61. The minimum Gasteiger partial charge on any atom is -0.484 e. The van der Waals surface area contributed by atoms with Gasteiger partial charge in [-0.05, 0) is 5.47 Å². The lowest BCUT2D eigenvalue weighted by molar-refractivity contribution is 0.400. The predicted molar refractivity (Wildman–Crippen MR) is 48.6 cm³/mol. The molecule has 0 unspecified atom stereocenters. The molecule has 5 heteroatoms. The molecule has 0 saturated heterocycles. The number of ether oxygens (including phenoxy) is 1. The van der Waals surface area contributed by atoms with E-state index in [4.69, 9.17) is 14.8 Å². The van der Waals surface area contributed by atoms with Crippen molar-refractivity contribution in [2.24, 2.45) is 4.99 Å². The van der Waals surface area contributed by atoms with E-state index in [-0.39, 0.29) is 5.47 Å². The Hall–Kier alpha value is -1.07. The molecule has 0 aliphatic carbocycles. The van der Waals surface area contributed by atoms with Gasteiger partial charge in [0, 0.05) is 13.1 Å². The predicted octanol–water partition coefficient (Wildman–Crippen LogP) is 0.133. The van der Waals surface area contributed by atoms with Gasteiger partial charge in [0.15, 0.2) is 5.90 Å². The number of hydrogen-bond acceptors (Lipinski definition) is 4. The normalized spacial score (nSPS) is 12.7. The van der Waals surface area contributed by atoms with Crippen molar-refractivity contribution in [3.05, 3.63) is 24.3 Å². The van der Waals surface area contributed by atoms with Gasteiger partial charge in [0.05, 0.1) is 7.11 Å². The number of rotatable bonds is 3. The second-order valence-electron chi connectivity index (χ2n) is 2.06. The number of methoxy groups -OCH3 is 1. The highest BCUT2D eigenvalue weighted by Gasteiger charge is 2.10. The van der Waals surface area contributed by atoms with Gasteiger partial charge in [-0.15, -0.1) is 0 Å². The van der Waals surface area contributed by atoms with Crippen molar-refractivity contribution >= 4 is 13.0 Å². The summed E-state index contributed by atoms with van der Waals surface area (Å²) in [7, 11) is -0.0637. The largest absolute Gasteiger partial charge is 0.489 e. The molecule has 0 spiro atoms. The van der Waals surface area contributed by atoms with Crippen LogP contribution in [-0.2, 0) is 4.74 Å². The maximum atomic E-state index is 8.70. The Kier molecular flexibility index (Phi) is 5.07. The van der Waals surface area contributed by atoms with Crippen molar-refractivity contribution in [2.75, 3.05) is 7.11 Å². The molecule has 0 atom stereocenters. The van der Waals surface area contributed by atoms with Crippen LogP contribution in [0, 0.1) is 0 Å². The minimum atomic E-state index is -1.55. The molecule has 0 amide bonds. The van der Waals surface area contributed by atoms with Crippen LogP contribution in [-0.4, -0.2) is 30.2 Å². The monoisotopic (exact) mass is 169 g/mol. The summed E-state index contributed by atoms with van der Waals surface area (Å²) in [5.74, 6) is 0.440. The highest BCUT2D eigenvalue weighted by atomic mass is 16.5. The van der Waals surface area contributed by atoms with Gasteiger partial charge in [-0.25, -0.2) is 4.99 Å². The lowest BCUT2D eigenvalue weighted by atomic mass is 9.80. The summed E-state index contributed by atoms with van der Waals surface area (Å²) in [6.07, 6.45) is 2.60. The van der Waals surface area contributed by atoms with Gasteiger partial charge in [-0.3, -0.25) is 0 Å².